The number of carbonyl (C=O) groups is 4. The van der Waals surface area contributed by atoms with Crippen molar-refractivity contribution in [1.82, 2.24) is 0 Å². The van der Waals surface area contributed by atoms with Gasteiger partial charge in [-0.05, 0) is 31.6 Å². The van der Waals surface area contributed by atoms with Crippen LogP contribution in [0.15, 0.2) is 0 Å². The van der Waals surface area contributed by atoms with E-state index in [9.17, 15) is 43.2 Å². The summed E-state index contributed by atoms with van der Waals surface area (Å²) in [6.45, 7) is 7.21. The maximum atomic E-state index is 13.1. The van der Waals surface area contributed by atoms with Gasteiger partial charge in [0.2, 0.25) is 0 Å². The summed E-state index contributed by atoms with van der Waals surface area (Å²) >= 11 is 0. The van der Waals surface area contributed by atoms with E-state index in [1.807, 2.05) is 0 Å². The maximum Gasteiger partial charge on any atom is 0.472 e. The first-order valence-electron chi connectivity index (χ1n) is 39.1. The molecule has 0 saturated carbocycles. The van der Waals surface area contributed by atoms with Gasteiger partial charge in [0.1, 0.15) is 19.3 Å². The summed E-state index contributed by atoms with van der Waals surface area (Å²) in [4.78, 5) is 72.7. The van der Waals surface area contributed by atoms with E-state index >= 15 is 0 Å². The summed E-state index contributed by atoms with van der Waals surface area (Å²) in [5.74, 6) is -1.44. The highest BCUT2D eigenvalue weighted by Gasteiger charge is 2.30. The van der Waals surface area contributed by atoms with Crippen molar-refractivity contribution >= 4 is 39.5 Å². The number of hydrogen-bond donors (Lipinski definition) is 3. The summed E-state index contributed by atoms with van der Waals surface area (Å²) < 4.78 is 68.5. The molecule has 0 heterocycles. The minimum absolute atomic E-state index is 0.107. The highest BCUT2D eigenvalue weighted by Crippen LogP contribution is 2.45. The second-order valence-corrected chi connectivity index (χ2v) is 30.4. The van der Waals surface area contributed by atoms with Gasteiger partial charge in [-0.25, -0.2) is 9.13 Å². The molecule has 0 aliphatic rings. The van der Waals surface area contributed by atoms with Gasteiger partial charge in [0, 0.05) is 25.7 Å². The molecule has 0 fully saturated rings. The Hall–Kier alpha value is -1.94. The van der Waals surface area contributed by atoms with Crippen LogP contribution in [0.25, 0.3) is 0 Å². The topological polar surface area (TPSA) is 237 Å². The first-order valence-corrected chi connectivity index (χ1v) is 42.1. The number of ether oxygens (including phenoxy) is 4. The number of esters is 4. The molecule has 0 aromatic rings. The lowest BCUT2D eigenvalue weighted by molar-refractivity contribution is -0.161. The SMILES string of the molecule is CCCCCCCCCCCCCCCCCCCCC(=O)O[C@H](COC(=O)CCCCCCCCCCCCCCCC)COP(=O)(O)OC[C@@H](O)COP(=O)(O)OC[C@@H](COC(=O)CCCCCCCCC(C)C)OC(=O)CCCCCCCCCCCCCCC. The van der Waals surface area contributed by atoms with Crippen LogP contribution in [0, 0.1) is 5.92 Å². The van der Waals surface area contributed by atoms with E-state index < -0.39 is 97.5 Å². The molecule has 558 valence electrons. The molecule has 0 aliphatic heterocycles. The number of rotatable bonds is 75. The lowest BCUT2D eigenvalue weighted by atomic mass is 10.0. The Morgan fingerprint density at radius 3 is 0.723 bits per heavy atom. The quantitative estimate of drug-likeness (QED) is 0.0222. The van der Waals surface area contributed by atoms with Crippen LogP contribution in [0.3, 0.4) is 0 Å². The zero-order valence-electron chi connectivity index (χ0n) is 61.1. The van der Waals surface area contributed by atoms with Crippen molar-refractivity contribution in [2.75, 3.05) is 39.6 Å². The Kier molecular flexibility index (Phi) is 66.8. The van der Waals surface area contributed by atoms with Crippen LogP contribution < -0.4 is 0 Å². The second-order valence-electron chi connectivity index (χ2n) is 27.5. The third-order valence-electron chi connectivity index (χ3n) is 17.5. The van der Waals surface area contributed by atoms with Gasteiger partial charge in [-0.1, -0.05) is 343 Å². The molecule has 94 heavy (non-hydrogen) atoms. The van der Waals surface area contributed by atoms with E-state index in [2.05, 4.69) is 34.6 Å². The Balaban J connectivity index is 5.22. The van der Waals surface area contributed by atoms with Crippen molar-refractivity contribution in [3.8, 4) is 0 Å². The minimum atomic E-state index is -4.96. The van der Waals surface area contributed by atoms with Crippen molar-refractivity contribution in [3.05, 3.63) is 0 Å². The monoisotopic (exact) mass is 1380 g/mol. The van der Waals surface area contributed by atoms with Crippen molar-refractivity contribution in [1.29, 1.82) is 0 Å². The molecule has 0 bridgehead atoms. The molecular formula is C75H146O17P2. The molecule has 17 nitrogen and oxygen atoms in total. The molecule has 0 aromatic heterocycles. The van der Waals surface area contributed by atoms with Crippen LogP contribution in [-0.2, 0) is 65.4 Å². The molecule has 2 unspecified atom stereocenters. The number of phosphoric acid groups is 2. The van der Waals surface area contributed by atoms with Crippen molar-refractivity contribution in [2.24, 2.45) is 5.92 Å². The fourth-order valence-corrected chi connectivity index (χ4v) is 13.1. The van der Waals surface area contributed by atoms with E-state index in [4.69, 9.17) is 37.0 Å². The van der Waals surface area contributed by atoms with Crippen LogP contribution >= 0.6 is 15.6 Å². The molecule has 0 amide bonds. The average Bonchev–Trinajstić information content (AvgIpc) is 1.19. The normalized spacial score (nSPS) is 14.0. The molecule has 0 aromatic carbocycles. The van der Waals surface area contributed by atoms with E-state index in [1.54, 1.807) is 0 Å². The predicted octanol–water partition coefficient (Wildman–Crippen LogP) is 22.1. The summed E-state index contributed by atoms with van der Waals surface area (Å²) in [6.07, 6.45) is 56.9. The van der Waals surface area contributed by atoms with Gasteiger partial charge in [0.25, 0.3) is 0 Å². The number of carbonyl (C=O) groups excluding carboxylic acids is 4. The number of phosphoric ester groups is 2. The molecule has 5 atom stereocenters. The summed E-state index contributed by atoms with van der Waals surface area (Å²) in [7, 11) is -9.91. The summed E-state index contributed by atoms with van der Waals surface area (Å²) in [5.41, 5.74) is 0. The number of aliphatic hydroxyl groups is 1. The van der Waals surface area contributed by atoms with Gasteiger partial charge < -0.3 is 33.8 Å². The highest BCUT2D eigenvalue weighted by atomic mass is 31.2. The molecule has 3 N–H and O–H groups in total. The zero-order valence-corrected chi connectivity index (χ0v) is 62.9. The Morgan fingerprint density at radius 2 is 0.489 bits per heavy atom. The van der Waals surface area contributed by atoms with Crippen molar-refractivity contribution < 1.29 is 80.2 Å². The molecule has 0 saturated heterocycles. The lowest BCUT2D eigenvalue weighted by Gasteiger charge is -2.21. The molecule has 19 heteroatoms. The first kappa shape index (κ1) is 92.1. The van der Waals surface area contributed by atoms with Gasteiger partial charge >= 0.3 is 39.5 Å². The average molecular weight is 1380 g/mol. The van der Waals surface area contributed by atoms with Gasteiger partial charge in [-0.3, -0.25) is 37.3 Å². The standard InChI is InChI=1S/C75H146O17P2/c1-6-9-12-15-18-21-24-27-29-30-31-32-35-38-41-44-51-56-61-74(79)91-70(64-85-72(77)58-53-48-42-39-36-34-28-25-22-19-16-13-10-7-2)66-89-93(81,82)87-62-69(76)63-88-94(83,84)90-67-71(65-86-73(78)59-54-49-46-45-47-52-57-68(4)5)92-75(80)60-55-50-43-40-37-33-26-23-20-17-14-11-8-3/h68-71,76H,6-67H2,1-5H3,(H,81,82)(H,83,84)/t69-,70-,71-/m1/s1. The molecule has 0 spiro atoms. The Labute approximate surface area is 575 Å². The van der Waals surface area contributed by atoms with E-state index in [0.717, 1.165) is 96.3 Å². The number of hydrogen-bond acceptors (Lipinski definition) is 15. The van der Waals surface area contributed by atoms with Crippen LogP contribution in [0.4, 0.5) is 0 Å². The minimum Gasteiger partial charge on any atom is -0.462 e. The van der Waals surface area contributed by atoms with Crippen molar-refractivity contribution in [3.63, 3.8) is 0 Å². The lowest BCUT2D eigenvalue weighted by Crippen LogP contribution is -2.30. The third-order valence-corrected chi connectivity index (χ3v) is 19.4. The van der Waals surface area contributed by atoms with Gasteiger partial charge in [0.15, 0.2) is 12.2 Å². The summed E-state index contributed by atoms with van der Waals surface area (Å²) in [6, 6.07) is 0. The van der Waals surface area contributed by atoms with Gasteiger partial charge in [0.05, 0.1) is 26.4 Å². The van der Waals surface area contributed by atoms with Crippen LogP contribution in [-0.4, -0.2) is 96.7 Å². The molecule has 0 rings (SSSR count). The van der Waals surface area contributed by atoms with E-state index in [1.165, 1.54) is 212 Å². The van der Waals surface area contributed by atoms with E-state index in [-0.39, 0.29) is 25.7 Å². The highest BCUT2D eigenvalue weighted by molar-refractivity contribution is 7.47. The van der Waals surface area contributed by atoms with Crippen LogP contribution in [0.5, 0.6) is 0 Å². The summed E-state index contributed by atoms with van der Waals surface area (Å²) in [5, 5.41) is 10.6. The number of unbranched alkanes of at least 4 members (excludes halogenated alkanes) is 47. The molecule has 0 radical (unpaired) electrons. The maximum absolute atomic E-state index is 13.1. The Morgan fingerprint density at radius 1 is 0.287 bits per heavy atom. The smallest absolute Gasteiger partial charge is 0.462 e. The van der Waals surface area contributed by atoms with Crippen LogP contribution in [0.1, 0.15) is 394 Å². The van der Waals surface area contributed by atoms with Gasteiger partial charge in [-0.2, -0.15) is 0 Å². The third kappa shape index (κ3) is 68.6. The fourth-order valence-electron chi connectivity index (χ4n) is 11.5. The number of aliphatic hydroxyl groups excluding tert-OH is 1. The zero-order chi connectivity index (χ0) is 69.1. The predicted molar refractivity (Wildman–Crippen MR) is 382 cm³/mol. The fraction of sp³-hybridized carbons (Fsp3) is 0.947. The second kappa shape index (κ2) is 68.2. The van der Waals surface area contributed by atoms with E-state index in [0.29, 0.717) is 31.6 Å². The van der Waals surface area contributed by atoms with Gasteiger partial charge in [-0.15, -0.1) is 0 Å². The van der Waals surface area contributed by atoms with Crippen molar-refractivity contribution in [2.45, 2.75) is 412 Å². The largest absolute Gasteiger partial charge is 0.472 e. The molecular weight excluding hydrogens is 1230 g/mol. The first-order chi connectivity index (χ1) is 45.5. The molecule has 0 aliphatic carbocycles. The Bertz CT molecular complexity index is 1810. The van der Waals surface area contributed by atoms with Crippen LogP contribution in [0.2, 0.25) is 0 Å².